The molecule has 0 spiro atoms. The van der Waals surface area contributed by atoms with Crippen molar-refractivity contribution in [3.63, 3.8) is 0 Å². The van der Waals surface area contributed by atoms with Crippen LogP contribution in [-0.2, 0) is 7.05 Å². The molecule has 0 saturated carbocycles. The van der Waals surface area contributed by atoms with Gasteiger partial charge >= 0.3 is 0 Å². The first-order valence-corrected chi connectivity index (χ1v) is 4.41. The molecule has 0 radical (unpaired) electrons. The first-order chi connectivity index (χ1) is 7.29. The van der Waals surface area contributed by atoms with Gasteiger partial charge in [0, 0.05) is 25.5 Å². The Morgan fingerprint density at radius 2 is 2.33 bits per heavy atom. The van der Waals surface area contributed by atoms with Crippen LogP contribution in [0.5, 0.6) is 0 Å². The summed E-state index contributed by atoms with van der Waals surface area (Å²) < 4.78 is 1.69. The van der Waals surface area contributed by atoms with Crippen molar-refractivity contribution in [1.82, 2.24) is 14.8 Å². The van der Waals surface area contributed by atoms with Gasteiger partial charge in [-0.2, -0.15) is 10.4 Å². The lowest BCUT2D eigenvalue weighted by atomic mass is 10.3. The topological polar surface area (TPSA) is 66.5 Å². The highest BCUT2D eigenvalue weighted by Gasteiger charge is 2.03. The molecule has 0 saturated heterocycles. The smallest absolute Gasteiger partial charge is 0.163 e. The maximum Gasteiger partial charge on any atom is 0.163 e. The van der Waals surface area contributed by atoms with Crippen LogP contribution in [0.15, 0.2) is 30.6 Å². The van der Waals surface area contributed by atoms with Crippen LogP contribution in [0.3, 0.4) is 0 Å². The van der Waals surface area contributed by atoms with Gasteiger partial charge in [-0.1, -0.05) is 0 Å². The lowest BCUT2D eigenvalue weighted by molar-refractivity contribution is 0.771. The minimum atomic E-state index is 0.364. The predicted octanol–water partition coefficient (Wildman–Crippen LogP) is 1.43. The molecular formula is C10H9N5. The number of nitriles is 1. The molecular weight excluding hydrogens is 190 g/mol. The Morgan fingerprint density at radius 3 is 3.00 bits per heavy atom. The molecule has 2 heterocycles. The summed E-state index contributed by atoms with van der Waals surface area (Å²) >= 11 is 0. The van der Waals surface area contributed by atoms with Crippen LogP contribution in [0.1, 0.15) is 5.69 Å². The van der Waals surface area contributed by atoms with Crippen molar-refractivity contribution in [2.24, 2.45) is 7.05 Å². The Labute approximate surface area is 87.0 Å². The van der Waals surface area contributed by atoms with Crippen molar-refractivity contribution in [3.05, 3.63) is 36.3 Å². The van der Waals surface area contributed by atoms with E-state index in [2.05, 4.69) is 15.4 Å². The van der Waals surface area contributed by atoms with E-state index in [1.54, 1.807) is 23.0 Å². The number of hydrogen-bond acceptors (Lipinski definition) is 4. The highest BCUT2D eigenvalue weighted by atomic mass is 15.3. The molecule has 74 valence electrons. The molecule has 1 N–H and O–H groups in total. The van der Waals surface area contributed by atoms with Crippen LogP contribution in [-0.4, -0.2) is 14.8 Å². The highest BCUT2D eigenvalue weighted by molar-refractivity contribution is 5.61. The van der Waals surface area contributed by atoms with E-state index in [-0.39, 0.29) is 0 Å². The second kappa shape index (κ2) is 3.80. The van der Waals surface area contributed by atoms with Gasteiger partial charge in [-0.15, -0.1) is 0 Å². The third-order valence-electron chi connectivity index (χ3n) is 1.89. The van der Waals surface area contributed by atoms with Crippen LogP contribution < -0.4 is 5.32 Å². The molecule has 0 aromatic carbocycles. The van der Waals surface area contributed by atoms with E-state index in [0.717, 1.165) is 0 Å². The van der Waals surface area contributed by atoms with E-state index in [1.807, 2.05) is 25.4 Å². The molecule has 2 aromatic rings. The Balaban J connectivity index is 2.28. The van der Waals surface area contributed by atoms with E-state index in [4.69, 9.17) is 5.26 Å². The molecule has 0 aliphatic rings. The molecule has 0 aliphatic heterocycles. The second-order valence-corrected chi connectivity index (χ2v) is 3.01. The number of nitrogens with one attached hydrogen (secondary N) is 1. The van der Waals surface area contributed by atoms with Gasteiger partial charge in [0.05, 0.1) is 5.69 Å². The van der Waals surface area contributed by atoms with Gasteiger partial charge in [0.2, 0.25) is 0 Å². The summed E-state index contributed by atoms with van der Waals surface area (Å²) in [5.41, 5.74) is 1.03. The number of rotatable bonds is 2. The highest BCUT2D eigenvalue weighted by Crippen LogP contribution is 2.16. The lowest BCUT2D eigenvalue weighted by Gasteiger charge is -2.02. The summed E-state index contributed by atoms with van der Waals surface area (Å²) in [5, 5.41) is 16.0. The largest absolute Gasteiger partial charge is 0.336 e. The van der Waals surface area contributed by atoms with Crippen molar-refractivity contribution in [2.45, 2.75) is 0 Å². The summed E-state index contributed by atoms with van der Waals surface area (Å²) in [5.74, 6) is 0.696. The van der Waals surface area contributed by atoms with E-state index >= 15 is 0 Å². The quantitative estimate of drug-likeness (QED) is 0.794. The van der Waals surface area contributed by atoms with E-state index in [1.165, 1.54) is 0 Å². The van der Waals surface area contributed by atoms with Crippen molar-refractivity contribution < 1.29 is 0 Å². The Hall–Kier alpha value is -2.35. The molecule has 0 aliphatic carbocycles. The fourth-order valence-electron chi connectivity index (χ4n) is 1.21. The third kappa shape index (κ3) is 1.94. The fraction of sp³-hybridized carbons (Fsp3) is 0.100. The number of anilines is 2. The zero-order valence-corrected chi connectivity index (χ0v) is 8.18. The third-order valence-corrected chi connectivity index (χ3v) is 1.89. The average Bonchev–Trinajstić information content (AvgIpc) is 2.65. The Morgan fingerprint density at radius 1 is 1.47 bits per heavy atom. The molecule has 0 fully saturated rings. The minimum Gasteiger partial charge on any atom is -0.336 e. The summed E-state index contributed by atoms with van der Waals surface area (Å²) in [7, 11) is 1.83. The number of aromatic nitrogens is 3. The summed E-state index contributed by atoms with van der Waals surface area (Å²) in [6.45, 7) is 0. The number of nitrogens with zero attached hydrogens (tertiary/aromatic N) is 4. The van der Waals surface area contributed by atoms with Gasteiger partial charge in [0.15, 0.2) is 11.5 Å². The molecule has 0 amide bonds. The Kier molecular flexibility index (Phi) is 2.33. The molecule has 0 atom stereocenters. The van der Waals surface area contributed by atoms with E-state index in [9.17, 15) is 0 Å². The van der Waals surface area contributed by atoms with Gasteiger partial charge in [-0.05, 0) is 12.1 Å². The summed E-state index contributed by atoms with van der Waals surface area (Å²) in [4.78, 5) is 3.94. The fourth-order valence-corrected chi connectivity index (χ4v) is 1.21. The van der Waals surface area contributed by atoms with E-state index < -0.39 is 0 Å². The molecule has 2 aromatic heterocycles. The molecule has 15 heavy (non-hydrogen) atoms. The first kappa shape index (κ1) is 9.21. The van der Waals surface area contributed by atoms with Gasteiger partial charge in [0.1, 0.15) is 6.07 Å². The molecule has 5 heteroatoms. The number of hydrogen-bond donors (Lipinski definition) is 1. The van der Waals surface area contributed by atoms with Crippen molar-refractivity contribution in [3.8, 4) is 6.07 Å². The van der Waals surface area contributed by atoms with Gasteiger partial charge < -0.3 is 5.32 Å². The van der Waals surface area contributed by atoms with Crippen molar-refractivity contribution in [1.29, 1.82) is 5.26 Å². The summed E-state index contributed by atoms with van der Waals surface area (Å²) in [6, 6.07) is 7.40. The Bertz CT molecular complexity index is 509. The first-order valence-electron chi connectivity index (χ1n) is 4.41. The monoisotopic (exact) mass is 199 g/mol. The van der Waals surface area contributed by atoms with Crippen LogP contribution in [0.4, 0.5) is 11.5 Å². The minimum absolute atomic E-state index is 0.364. The standard InChI is InChI=1S/C10H9N5/c1-15-6-4-10(14-15)13-8-3-2-5-12-9(8)7-11/h2-6H,1H3,(H,13,14). The van der Waals surface area contributed by atoms with Crippen molar-refractivity contribution >= 4 is 11.5 Å². The van der Waals surface area contributed by atoms with Crippen molar-refractivity contribution in [2.75, 3.05) is 5.32 Å². The maximum absolute atomic E-state index is 8.82. The second-order valence-electron chi connectivity index (χ2n) is 3.01. The average molecular weight is 199 g/mol. The van der Waals surface area contributed by atoms with Gasteiger partial charge in [0.25, 0.3) is 0 Å². The molecule has 5 nitrogen and oxygen atoms in total. The zero-order chi connectivity index (χ0) is 10.7. The van der Waals surface area contributed by atoms with Crippen LogP contribution in [0.2, 0.25) is 0 Å². The maximum atomic E-state index is 8.82. The molecule has 0 bridgehead atoms. The number of pyridine rings is 1. The van der Waals surface area contributed by atoms with Gasteiger partial charge in [-0.25, -0.2) is 4.98 Å². The normalized spacial score (nSPS) is 9.60. The summed E-state index contributed by atoms with van der Waals surface area (Å²) in [6.07, 6.45) is 3.41. The van der Waals surface area contributed by atoms with E-state index in [0.29, 0.717) is 17.2 Å². The lowest BCUT2D eigenvalue weighted by Crippen LogP contribution is -1.97. The molecule has 2 rings (SSSR count). The van der Waals surface area contributed by atoms with Crippen LogP contribution in [0, 0.1) is 11.3 Å². The SMILES string of the molecule is Cn1ccc(Nc2cccnc2C#N)n1. The van der Waals surface area contributed by atoms with Crippen LogP contribution >= 0.6 is 0 Å². The van der Waals surface area contributed by atoms with Crippen LogP contribution in [0.25, 0.3) is 0 Å². The number of aryl methyl sites for hydroxylation is 1. The van der Waals surface area contributed by atoms with Gasteiger partial charge in [-0.3, -0.25) is 4.68 Å². The predicted molar refractivity (Wildman–Crippen MR) is 55.4 cm³/mol. The zero-order valence-electron chi connectivity index (χ0n) is 8.18. The molecule has 0 unspecified atom stereocenters.